The van der Waals surface area contributed by atoms with Gasteiger partial charge in [0, 0.05) is 62.0 Å². The molecule has 6 rings (SSSR count). The van der Waals surface area contributed by atoms with Crippen molar-refractivity contribution in [2.75, 3.05) is 45.9 Å². The smallest absolute Gasteiger partial charge is 0.234 e. The minimum atomic E-state index is -0.372. The number of rotatable bonds is 10. The second-order valence-corrected chi connectivity index (χ2v) is 11.1. The topological polar surface area (TPSA) is 50.1 Å². The third kappa shape index (κ3) is 6.40. The summed E-state index contributed by atoms with van der Waals surface area (Å²) in [5.41, 5.74) is 4.79. The molecule has 41 heavy (non-hydrogen) atoms. The van der Waals surface area contributed by atoms with Gasteiger partial charge in [-0.25, -0.2) is 9.37 Å². The van der Waals surface area contributed by atoms with Gasteiger partial charge in [-0.2, -0.15) is 0 Å². The first-order valence-corrected chi connectivity index (χ1v) is 14.9. The molecule has 210 valence electrons. The molecule has 3 heterocycles. The molecular formula is C33H33FN4O2S. The molecule has 1 aliphatic rings. The maximum Gasteiger partial charge on any atom is 0.234 e. The molecule has 1 amide bonds. The predicted octanol–water partition coefficient (Wildman–Crippen LogP) is 5.74. The van der Waals surface area contributed by atoms with Crippen LogP contribution < -0.4 is 0 Å². The van der Waals surface area contributed by atoms with Gasteiger partial charge in [0.15, 0.2) is 4.96 Å². The van der Waals surface area contributed by atoms with Crippen molar-refractivity contribution in [1.29, 1.82) is 0 Å². The van der Waals surface area contributed by atoms with Gasteiger partial charge in [-0.1, -0.05) is 60.7 Å². The van der Waals surface area contributed by atoms with Crippen LogP contribution in [0.25, 0.3) is 16.2 Å². The van der Waals surface area contributed by atoms with Gasteiger partial charge in [0.2, 0.25) is 5.91 Å². The molecule has 0 atom stereocenters. The summed E-state index contributed by atoms with van der Waals surface area (Å²) in [5, 5.41) is 2.12. The molecule has 1 aliphatic heterocycles. The summed E-state index contributed by atoms with van der Waals surface area (Å²) in [4.78, 5) is 24.4. The van der Waals surface area contributed by atoms with Gasteiger partial charge in [-0.3, -0.25) is 14.1 Å². The molecule has 0 bridgehead atoms. The molecule has 5 aromatic rings. The van der Waals surface area contributed by atoms with Crippen LogP contribution in [0.3, 0.4) is 0 Å². The molecule has 0 N–H and O–H groups in total. The summed E-state index contributed by atoms with van der Waals surface area (Å²) in [6.07, 6.45) is 2.70. The zero-order valence-electron chi connectivity index (χ0n) is 22.9. The highest BCUT2D eigenvalue weighted by atomic mass is 32.1. The van der Waals surface area contributed by atoms with Crippen molar-refractivity contribution in [1.82, 2.24) is 19.2 Å². The molecule has 3 aromatic carbocycles. The summed E-state index contributed by atoms with van der Waals surface area (Å²) in [7, 11) is 0. The SMILES string of the molecule is O=C(C(c1ccccc1)c1ccccc1)N(CCc1csc2nc(-c3ccc(F)cc3)cn12)CCN1CCOCC1. The number of ether oxygens (including phenoxy) is 1. The Labute approximate surface area is 243 Å². The number of aromatic nitrogens is 2. The van der Waals surface area contributed by atoms with Gasteiger partial charge in [-0.15, -0.1) is 11.3 Å². The number of imidazole rings is 1. The van der Waals surface area contributed by atoms with Crippen LogP contribution in [0.4, 0.5) is 4.39 Å². The van der Waals surface area contributed by atoms with E-state index in [-0.39, 0.29) is 17.6 Å². The number of hydrogen-bond acceptors (Lipinski definition) is 5. The number of carbonyl (C=O) groups excluding carboxylic acids is 1. The molecule has 0 saturated carbocycles. The van der Waals surface area contributed by atoms with Crippen LogP contribution in [0, 0.1) is 5.82 Å². The molecule has 8 heteroatoms. The molecule has 0 radical (unpaired) electrons. The Hall–Kier alpha value is -3.85. The van der Waals surface area contributed by atoms with Crippen LogP contribution in [0.2, 0.25) is 0 Å². The molecule has 0 aliphatic carbocycles. The Morgan fingerprint density at radius 3 is 2.24 bits per heavy atom. The normalized spacial score (nSPS) is 14.1. The number of nitrogens with zero attached hydrogens (tertiary/aromatic N) is 4. The highest BCUT2D eigenvalue weighted by Crippen LogP contribution is 2.28. The third-order valence-corrected chi connectivity index (χ3v) is 8.56. The van der Waals surface area contributed by atoms with E-state index in [9.17, 15) is 9.18 Å². The lowest BCUT2D eigenvalue weighted by molar-refractivity contribution is -0.132. The second kappa shape index (κ2) is 12.8. The fraction of sp³-hybridized carbons (Fsp3) is 0.273. The Balaban J connectivity index is 1.26. The number of halogens is 1. The lowest BCUT2D eigenvalue weighted by Crippen LogP contribution is -2.45. The summed E-state index contributed by atoms with van der Waals surface area (Å²) in [6, 6.07) is 26.5. The zero-order chi connectivity index (χ0) is 28.0. The molecule has 1 fully saturated rings. The van der Waals surface area contributed by atoms with Gasteiger partial charge in [0.1, 0.15) is 5.82 Å². The van der Waals surface area contributed by atoms with Crippen LogP contribution in [0.15, 0.2) is 96.5 Å². The Morgan fingerprint density at radius 2 is 1.59 bits per heavy atom. The van der Waals surface area contributed by atoms with Crippen molar-refractivity contribution in [3.63, 3.8) is 0 Å². The lowest BCUT2D eigenvalue weighted by Gasteiger charge is -2.32. The summed E-state index contributed by atoms with van der Waals surface area (Å²) >= 11 is 1.58. The van der Waals surface area contributed by atoms with E-state index in [2.05, 4.69) is 14.7 Å². The van der Waals surface area contributed by atoms with Crippen LogP contribution in [-0.4, -0.2) is 71.0 Å². The van der Waals surface area contributed by atoms with Crippen LogP contribution in [0.1, 0.15) is 22.7 Å². The number of benzene rings is 3. The van der Waals surface area contributed by atoms with Crippen molar-refractivity contribution < 1.29 is 13.9 Å². The largest absolute Gasteiger partial charge is 0.379 e. The van der Waals surface area contributed by atoms with E-state index in [4.69, 9.17) is 9.72 Å². The van der Waals surface area contributed by atoms with E-state index >= 15 is 0 Å². The van der Waals surface area contributed by atoms with E-state index in [0.29, 0.717) is 19.5 Å². The fourth-order valence-electron chi connectivity index (χ4n) is 5.39. The number of hydrogen-bond donors (Lipinski definition) is 0. The molecule has 0 unspecified atom stereocenters. The van der Waals surface area contributed by atoms with Crippen LogP contribution >= 0.6 is 11.3 Å². The number of fused-ring (bicyclic) bond motifs is 1. The minimum Gasteiger partial charge on any atom is -0.379 e. The van der Waals surface area contributed by atoms with E-state index < -0.39 is 0 Å². The molecule has 0 spiro atoms. The van der Waals surface area contributed by atoms with E-state index in [0.717, 1.165) is 65.9 Å². The first-order valence-electron chi connectivity index (χ1n) is 14.1. The zero-order valence-corrected chi connectivity index (χ0v) is 23.7. The molecule has 2 aromatic heterocycles. The molecular weight excluding hydrogens is 535 g/mol. The lowest BCUT2D eigenvalue weighted by atomic mass is 9.90. The van der Waals surface area contributed by atoms with Crippen molar-refractivity contribution in [2.45, 2.75) is 12.3 Å². The maximum atomic E-state index is 14.4. The first kappa shape index (κ1) is 27.3. The van der Waals surface area contributed by atoms with Gasteiger partial charge in [-0.05, 0) is 35.4 Å². The van der Waals surface area contributed by atoms with Crippen LogP contribution in [-0.2, 0) is 16.0 Å². The van der Waals surface area contributed by atoms with E-state index in [1.165, 1.54) is 12.1 Å². The monoisotopic (exact) mass is 568 g/mol. The van der Waals surface area contributed by atoms with Gasteiger partial charge < -0.3 is 9.64 Å². The number of amides is 1. The second-order valence-electron chi connectivity index (χ2n) is 10.3. The fourth-order valence-corrected chi connectivity index (χ4v) is 6.30. The first-order chi connectivity index (χ1) is 20.2. The van der Waals surface area contributed by atoms with Crippen molar-refractivity contribution >= 4 is 22.2 Å². The quantitative estimate of drug-likeness (QED) is 0.216. The summed E-state index contributed by atoms with van der Waals surface area (Å²) in [6.45, 7) is 5.28. The Bertz CT molecular complexity index is 1520. The highest BCUT2D eigenvalue weighted by molar-refractivity contribution is 7.15. The number of morpholine rings is 1. The predicted molar refractivity (Wildman–Crippen MR) is 161 cm³/mol. The van der Waals surface area contributed by atoms with E-state index in [1.807, 2.05) is 71.8 Å². The molecule has 6 nitrogen and oxygen atoms in total. The van der Waals surface area contributed by atoms with Crippen molar-refractivity contribution in [3.8, 4) is 11.3 Å². The van der Waals surface area contributed by atoms with Crippen molar-refractivity contribution in [2.24, 2.45) is 0 Å². The average molecular weight is 569 g/mol. The number of carbonyl (C=O) groups is 1. The van der Waals surface area contributed by atoms with Gasteiger partial charge >= 0.3 is 0 Å². The number of thiazole rings is 1. The average Bonchev–Trinajstić information content (AvgIpc) is 3.61. The Kier molecular flexibility index (Phi) is 8.51. The third-order valence-electron chi connectivity index (χ3n) is 7.68. The van der Waals surface area contributed by atoms with Gasteiger partial charge in [0.05, 0.1) is 24.8 Å². The summed E-state index contributed by atoms with van der Waals surface area (Å²) in [5.74, 6) is -0.524. The van der Waals surface area contributed by atoms with E-state index in [1.54, 1.807) is 23.5 Å². The minimum absolute atomic E-state index is 0.111. The summed E-state index contributed by atoms with van der Waals surface area (Å²) < 4.78 is 21.1. The van der Waals surface area contributed by atoms with Gasteiger partial charge in [0.25, 0.3) is 0 Å². The standard InChI is InChI=1S/C33H33FN4O2S/c34-28-13-11-25(12-14-28)30-23-38-29(24-41-33(38)35-30)15-16-37(18-17-36-19-21-40-22-20-36)32(39)31(26-7-3-1-4-8-26)27-9-5-2-6-10-27/h1-14,23-24,31H,15-22H2. The highest BCUT2D eigenvalue weighted by Gasteiger charge is 2.28. The van der Waals surface area contributed by atoms with Crippen molar-refractivity contribution in [3.05, 3.63) is 119 Å². The van der Waals surface area contributed by atoms with Crippen LogP contribution in [0.5, 0.6) is 0 Å². The molecule has 1 saturated heterocycles. The Morgan fingerprint density at radius 1 is 0.927 bits per heavy atom. The maximum absolute atomic E-state index is 14.4.